The predicted molar refractivity (Wildman–Crippen MR) is 71.5 cm³/mol. The molecule has 14 heavy (non-hydrogen) atoms. The van der Waals surface area contributed by atoms with Crippen LogP contribution < -0.4 is 0 Å². The van der Waals surface area contributed by atoms with Crippen molar-refractivity contribution in [2.45, 2.75) is 18.7 Å². The van der Waals surface area contributed by atoms with Crippen molar-refractivity contribution in [2.24, 2.45) is 0 Å². The van der Waals surface area contributed by atoms with Gasteiger partial charge in [-0.25, -0.2) is 0 Å². The van der Waals surface area contributed by atoms with Gasteiger partial charge in [-0.3, -0.25) is 0 Å². The third-order valence-electron chi connectivity index (χ3n) is 2.36. The van der Waals surface area contributed by atoms with Crippen molar-refractivity contribution in [3.63, 3.8) is 0 Å². The van der Waals surface area contributed by atoms with E-state index in [4.69, 9.17) is 0 Å². The first kappa shape index (κ1) is 10.7. The molecule has 0 fully saturated rings. The van der Waals surface area contributed by atoms with Gasteiger partial charge in [0.1, 0.15) is 0 Å². The van der Waals surface area contributed by atoms with Crippen LogP contribution in [-0.2, 0) is 11.8 Å². The van der Waals surface area contributed by atoms with Gasteiger partial charge in [-0.1, -0.05) is 28.9 Å². The maximum Gasteiger partial charge on any atom is 0.0490 e. The molecule has 2 aromatic rings. The third kappa shape index (κ3) is 1.66. The second-order valence-corrected chi connectivity index (χ2v) is 5.45. The summed E-state index contributed by atoms with van der Waals surface area (Å²) in [5.74, 6) is 0. The molecule has 0 unspecified atom stereocenters. The average molecular weight is 334 g/mol. The Kier molecular flexibility index (Phi) is 3.30. The molecule has 0 aliphatic heterocycles. The lowest BCUT2D eigenvalue weighted by molar-refractivity contribution is 1.17. The summed E-state index contributed by atoms with van der Waals surface area (Å²) in [6.45, 7) is 2.21. The first-order valence-corrected chi connectivity index (χ1v) is 7.30. The molecule has 1 heterocycles. The Morgan fingerprint density at radius 3 is 2.71 bits per heavy atom. The number of fused-ring (bicyclic) bond motifs is 1. The van der Waals surface area contributed by atoms with Crippen molar-refractivity contribution >= 4 is 53.3 Å². The molecular formula is C11H10Br2S. The van der Waals surface area contributed by atoms with Crippen LogP contribution in [0.5, 0.6) is 0 Å². The van der Waals surface area contributed by atoms with Gasteiger partial charge in [0.05, 0.1) is 0 Å². The maximum atomic E-state index is 3.60. The van der Waals surface area contributed by atoms with Crippen LogP contribution in [0.3, 0.4) is 0 Å². The summed E-state index contributed by atoms with van der Waals surface area (Å²) in [6, 6.07) is 4.32. The molecular weight excluding hydrogens is 324 g/mol. The largest absolute Gasteiger partial charge is 0.142 e. The molecule has 0 saturated carbocycles. The van der Waals surface area contributed by atoms with E-state index in [9.17, 15) is 0 Å². The number of hydrogen-bond acceptors (Lipinski definition) is 1. The highest BCUT2D eigenvalue weighted by Gasteiger charge is 2.09. The van der Waals surface area contributed by atoms with Crippen LogP contribution in [0.15, 0.2) is 22.0 Å². The van der Waals surface area contributed by atoms with E-state index in [0.717, 1.165) is 11.8 Å². The topological polar surface area (TPSA) is 0 Å². The van der Waals surface area contributed by atoms with Crippen LogP contribution in [0.25, 0.3) is 10.1 Å². The molecule has 0 saturated heterocycles. The second kappa shape index (κ2) is 4.33. The molecule has 2 rings (SSSR count). The van der Waals surface area contributed by atoms with E-state index in [1.807, 2.05) is 11.3 Å². The molecule has 0 bridgehead atoms. The first-order chi connectivity index (χ1) is 6.77. The van der Waals surface area contributed by atoms with Crippen molar-refractivity contribution in [2.75, 3.05) is 0 Å². The van der Waals surface area contributed by atoms with Crippen LogP contribution in [0, 0.1) is 0 Å². The summed E-state index contributed by atoms with van der Waals surface area (Å²) in [4.78, 5) is 0. The van der Waals surface area contributed by atoms with Gasteiger partial charge in [0, 0.05) is 19.9 Å². The highest BCUT2D eigenvalue weighted by Crippen LogP contribution is 2.35. The zero-order valence-corrected chi connectivity index (χ0v) is 11.8. The van der Waals surface area contributed by atoms with Gasteiger partial charge >= 0.3 is 0 Å². The minimum absolute atomic E-state index is 0.931. The summed E-state index contributed by atoms with van der Waals surface area (Å²) in [5, 5.41) is 4.63. The van der Waals surface area contributed by atoms with E-state index in [0.29, 0.717) is 0 Å². The van der Waals surface area contributed by atoms with Gasteiger partial charge in [0.2, 0.25) is 0 Å². The number of benzene rings is 1. The minimum atomic E-state index is 0.931. The van der Waals surface area contributed by atoms with Crippen LogP contribution in [0.1, 0.15) is 18.1 Å². The zero-order valence-electron chi connectivity index (χ0n) is 7.81. The second-order valence-electron chi connectivity index (χ2n) is 3.16. The number of aryl methyl sites for hydroxylation is 1. The van der Waals surface area contributed by atoms with Crippen LogP contribution in [0.4, 0.5) is 0 Å². The first-order valence-electron chi connectivity index (χ1n) is 4.51. The van der Waals surface area contributed by atoms with E-state index < -0.39 is 0 Å². The van der Waals surface area contributed by atoms with Gasteiger partial charge in [-0.15, -0.1) is 11.3 Å². The van der Waals surface area contributed by atoms with Crippen LogP contribution in [-0.4, -0.2) is 0 Å². The van der Waals surface area contributed by atoms with Gasteiger partial charge in [-0.05, 0) is 44.9 Å². The van der Waals surface area contributed by atoms with E-state index in [1.165, 1.54) is 25.7 Å². The summed E-state index contributed by atoms with van der Waals surface area (Å²) >= 11 is 8.97. The number of halogens is 2. The lowest BCUT2D eigenvalue weighted by atomic mass is 10.1. The van der Waals surface area contributed by atoms with Crippen molar-refractivity contribution in [3.05, 3.63) is 33.1 Å². The normalized spacial score (nSPS) is 11.1. The molecule has 0 N–H and O–H groups in total. The minimum Gasteiger partial charge on any atom is -0.142 e. The lowest BCUT2D eigenvalue weighted by Crippen LogP contribution is -1.83. The van der Waals surface area contributed by atoms with Crippen molar-refractivity contribution < 1.29 is 0 Å². The van der Waals surface area contributed by atoms with E-state index in [2.05, 4.69) is 56.3 Å². The fourth-order valence-corrected chi connectivity index (χ4v) is 3.81. The Bertz CT molecular complexity index is 460. The zero-order chi connectivity index (χ0) is 10.1. The SMILES string of the molecule is CCc1csc2c(Br)ccc(CBr)c12. The predicted octanol–water partition coefficient (Wildman–Crippen LogP) is 5.12. The smallest absolute Gasteiger partial charge is 0.0490 e. The molecule has 1 aromatic heterocycles. The van der Waals surface area contributed by atoms with Crippen molar-refractivity contribution in [3.8, 4) is 0 Å². The molecule has 1 aromatic carbocycles. The molecule has 0 spiro atoms. The van der Waals surface area contributed by atoms with Crippen LogP contribution in [0.2, 0.25) is 0 Å². The monoisotopic (exact) mass is 332 g/mol. The molecule has 3 heteroatoms. The Morgan fingerprint density at radius 1 is 1.29 bits per heavy atom. The Labute approximate surface area is 105 Å². The maximum absolute atomic E-state index is 3.60. The molecule has 0 nitrogen and oxygen atoms in total. The lowest BCUT2D eigenvalue weighted by Gasteiger charge is -2.03. The van der Waals surface area contributed by atoms with Crippen molar-refractivity contribution in [1.82, 2.24) is 0 Å². The van der Waals surface area contributed by atoms with Crippen LogP contribution >= 0.6 is 43.2 Å². The fourth-order valence-electron chi connectivity index (χ4n) is 1.63. The summed E-state index contributed by atoms with van der Waals surface area (Å²) in [7, 11) is 0. The van der Waals surface area contributed by atoms with E-state index >= 15 is 0 Å². The number of rotatable bonds is 2. The summed E-state index contributed by atoms with van der Waals surface area (Å²) in [6.07, 6.45) is 1.11. The van der Waals surface area contributed by atoms with Crippen molar-refractivity contribution in [1.29, 1.82) is 0 Å². The highest BCUT2D eigenvalue weighted by atomic mass is 79.9. The summed E-state index contributed by atoms with van der Waals surface area (Å²) in [5.41, 5.74) is 2.85. The Hall–Kier alpha value is 0.140. The standard InChI is InChI=1S/C11H10Br2S/c1-2-7-6-14-11-9(13)4-3-8(5-12)10(7)11/h3-4,6H,2,5H2,1H3. The average Bonchev–Trinajstić information content (AvgIpc) is 2.63. The molecule has 0 atom stereocenters. The van der Waals surface area contributed by atoms with Gasteiger partial charge in [0.15, 0.2) is 0 Å². The Morgan fingerprint density at radius 2 is 2.07 bits per heavy atom. The number of alkyl halides is 1. The molecule has 0 amide bonds. The molecule has 0 aliphatic rings. The van der Waals surface area contributed by atoms with E-state index in [1.54, 1.807) is 0 Å². The van der Waals surface area contributed by atoms with Gasteiger partial charge in [0.25, 0.3) is 0 Å². The molecule has 74 valence electrons. The molecule has 0 aliphatic carbocycles. The quantitative estimate of drug-likeness (QED) is 0.669. The van der Waals surface area contributed by atoms with Gasteiger partial charge < -0.3 is 0 Å². The summed E-state index contributed by atoms with van der Waals surface area (Å²) < 4.78 is 2.58. The molecule has 0 radical (unpaired) electrons. The number of hydrogen-bond donors (Lipinski definition) is 0. The third-order valence-corrected chi connectivity index (χ3v) is 4.95. The van der Waals surface area contributed by atoms with E-state index in [-0.39, 0.29) is 0 Å². The Balaban J connectivity index is 2.82. The van der Waals surface area contributed by atoms with Gasteiger partial charge in [-0.2, -0.15) is 0 Å². The highest BCUT2D eigenvalue weighted by molar-refractivity contribution is 9.10. The number of thiophene rings is 1. The fraction of sp³-hybridized carbons (Fsp3) is 0.273.